The normalized spacial score (nSPS) is 10.2. The molecule has 0 radical (unpaired) electrons. The number of pyridine rings is 3. The zero-order valence-corrected chi connectivity index (χ0v) is 11.0. The van der Waals surface area contributed by atoms with Crippen LogP contribution in [0.1, 0.15) is 0 Å². The van der Waals surface area contributed by atoms with Crippen LogP contribution in [0.2, 0.25) is 0 Å². The standard InChI is InChI=1S/C16H13N3O/c1-20-16-14(12-2-6-17-7-3-12)10-19-11-15(16)13-4-8-18-9-5-13/h2-11H,1H3. The molecule has 0 saturated carbocycles. The lowest BCUT2D eigenvalue weighted by Gasteiger charge is -2.13. The molecule has 0 unspecified atom stereocenters. The number of ether oxygens (including phenoxy) is 1. The Labute approximate surface area is 117 Å². The number of rotatable bonds is 3. The van der Waals surface area contributed by atoms with Gasteiger partial charge in [-0.25, -0.2) is 0 Å². The average Bonchev–Trinajstić information content (AvgIpc) is 2.55. The van der Waals surface area contributed by atoms with Crippen molar-refractivity contribution in [1.82, 2.24) is 15.0 Å². The second-order valence-corrected chi connectivity index (χ2v) is 4.24. The summed E-state index contributed by atoms with van der Waals surface area (Å²) in [5, 5.41) is 0. The van der Waals surface area contributed by atoms with E-state index in [1.165, 1.54) is 0 Å². The SMILES string of the molecule is COc1c(-c2ccncc2)cncc1-c1ccncc1. The maximum atomic E-state index is 5.60. The smallest absolute Gasteiger partial charge is 0.137 e. The van der Waals surface area contributed by atoms with Crippen LogP contribution in [0.15, 0.2) is 61.4 Å². The summed E-state index contributed by atoms with van der Waals surface area (Å²) >= 11 is 0. The molecular weight excluding hydrogens is 250 g/mol. The van der Waals surface area contributed by atoms with Gasteiger partial charge in [-0.3, -0.25) is 15.0 Å². The van der Waals surface area contributed by atoms with Crippen LogP contribution in [-0.4, -0.2) is 22.1 Å². The van der Waals surface area contributed by atoms with E-state index in [-0.39, 0.29) is 0 Å². The third-order valence-electron chi connectivity index (χ3n) is 3.08. The highest BCUT2D eigenvalue weighted by Gasteiger charge is 2.12. The molecule has 3 aromatic rings. The van der Waals surface area contributed by atoms with Crippen LogP contribution in [-0.2, 0) is 0 Å². The summed E-state index contributed by atoms with van der Waals surface area (Å²) in [4.78, 5) is 12.4. The van der Waals surface area contributed by atoms with E-state index in [1.807, 2.05) is 24.3 Å². The molecule has 0 atom stereocenters. The maximum absolute atomic E-state index is 5.60. The minimum Gasteiger partial charge on any atom is -0.495 e. The third kappa shape index (κ3) is 2.23. The van der Waals surface area contributed by atoms with E-state index in [4.69, 9.17) is 4.74 Å². The van der Waals surface area contributed by atoms with E-state index in [2.05, 4.69) is 15.0 Å². The minimum atomic E-state index is 0.803. The topological polar surface area (TPSA) is 47.9 Å². The average molecular weight is 263 g/mol. The molecule has 20 heavy (non-hydrogen) atoms. The molecule has 0 N–H and O–H groups in total. The first-order chi connectivity index (χ1) is 9.90. The molecule has 3 aromatic heterocycles. The highest BCUT2D eigenvalue weighted by Crippen LogP contribution is 2.37. The Bertz CT molecular complexity index is 642. The summed E-state index contributed by atoms with van der Waals surface area (Å²) < 4.78 is 5.60. The molecule has 0 saturated heterocycles. The molecule has 3 rings (SSSR count). The van der Waals surface area contributed by atoms with Crippen LogP contribution < -0.4 is 4.74 Å². The van der Waals surface area contributed by atoms with Crippen molar-refractivity contribution in [1.29, 1.82) is 0 Å². The second-order valence-electron chi connectivity index (χ2n) is 4.24. The highest BCUT2D eigenvalue weighted by atomic mass is 16.5. The van der Waals surface area contributed by atoms with Crippen molar-refractivity contribution in [2.75, 3.05) is 7.11 Å². The van der Waals surface area contributed by atoms with Gasteiger partial charge in [0.2, 0.25) is 0 Å². The van der Waals surface area contributed by atoms with Crippen LogP contribution in [0.4, 0.5) is 0 Å². The number of hydrogen-bond acceptors (Lipinski definition) is 4. The van der Waals surface area contributed by atoms with Gasteiger partial charge in [0, 0.05) is 48.3 Å². The summed E-state index contributed by atoms with van der Waals surface area (Å²) in [6, 6.07) is 7.76. The summed E-state index contributed by atoms with van der Waals surface area (Å²) in [5.74, 6) is 0.803. The van der Waals surface area contributed by atoms with Gasteiger partial charge in [0.05, 0.1) is 7.11 Å². The van der Waals surface area contributed by atoms with Crippen molar-refractivity contribution in [2.24, 2.45) is 0 Å². The van der Waals surface area contributed by atoms with Gasteiger partial charge < -0.3 is 4.74 Å². The Balaban J connectivity index is 2.19. The lowest BCUT2D eigenvalue weighted by molar-refractivity contribution is 0.417. The minimum absolute atomic E-state index is 0.803. The van der Waals surface area contributed by atoms with E-state index >= 15 is 0 Å². The highest BCUT2D eigenvalue weighted by molar-refractivity contribution is 5.80. The largest absolute Gasteiger partial charge is 0.495 e. The van der Waals surface area contributed by atoms with Crippen LogP contribution in [0.25, 0.3) is 22.3 Å². The molecule has 0 spiro atoms. The molecule has 0 aliphatic rings. The van der Waals surface area contributed by atoms with Crippen molar-refractivity contribution in [3.8, 4) is 28.0 Å². The molecule has 0 aliphatic carbocycles. The van der Waals surface area contributed by atoms with Gasteiger partial charge in [0.15, 0.2) is 0 Å². The van der Waals surface area contributed by atoms with Crippen molar-refractivity contribution in [3.63, 3.8) is 0 Å². The van der Waals surface area contributed by atoms with E-state index in [0.29, 0.717) is 0 Å². The summed E-state index contributed by atoms with van der Waals surface area (Å²) in [6.45, 7) is 0. The predicted molar refractivity (Wildman–Crippen MR) is 77.3 cm³/mol. The van der Waals surface area contributed by atoms with Crippen molar-refractivity contribution in [3.05, 3.63) is 61.4 Å². The second kappa shape index (κ2) is 5.48. The molecule has 4 nitrogen and oxygen atoms in total. The first-order valence-electron chi connectivity index (χ1n) is 6.23. The van der Waals surface area contributed by atoms with Gasteiger partial charge >= 0.3 is 0 Å². The predicted octanol–water partition coefficient (Wildman–Crippen LogP) is 3.21. The summed E-state index contributed by atoms with van der Waals surface area (Å²) in [5.41, 5.74) is 3.95. The van der Waals surface area contributed by atoms with E-state index in [0.717, 1.165) is 28.0 Å². The Morgan fingerprint density at radius 3 is 1.55 bits per heavy atom. The zero-order valence-electron chi connectivity index (χ0n) is 11.0. The third-order valence-corrected chi connectivity index (χ3v) is 3.08. The van der Waals surface area contributed by atoms with Gasteiger partial charge in [0.25, 0.3) is 0 Å². The van der Waals surface area contributed by atoms with Crippen molar-refractivity contribution < 1.29 is 4.74 Å². The molecule has 0 aliphatic heterocycles. The Kier molecular flexibility index (Phi) is 3.37. The van der Waals surface area contributed by atoms with Crippen LogP contribution in [0.3, 0.4) is 0 Å². The van der Waals surface area contributed by atoms with Crippen molar-refractivity contribution >= 4 is 0 Å². The number of hydrogen-bond donors (Lipinski definition) is 0. The lowest BCUT2D eigenvalue weighted by Crippen LogP contribution is -1.93. The zero-order chi connectivity index (χ0) is 13.8. The van der Waals surface area contributed by atoms with Crippen molar-refractivity contribution in [2.45, 2.75) is 0 Å². The summed E-state index contributed by atoms with van der Waals surface area (Å²) in [7, 11) is 1.67. The maximum Gasteiger partial charge on any atom is 0.137 e. The lowest BCUT2D eigenvalue weighted by atomic mass is 10.0. The first kappa shape index (κ1) is 12.3. The number of nitrogens with zero attached hydrogens (tertiary/aromatic N) is 3. The van der Waals surface area contributed by atoms with Gasteiger partial charge in [-0.2, -0.15) is 0 Å². The van der Waals surface area contributed by atoms with Gasteiger partial charge in [-0.05, 0) is 35.4 Å². The first-order valence-corrected chi connectivity index (χ1v) is 6.23. The van der Waals surface area contributed by atoms with E-state index in [9.17, 15) is 0 Å². The molecule has 0 bridgehead atoms. The van der Waals surface area contributed by atoms with Crippen LogP contribution in [0, 0.1) is 0 Å². The van der Waals surface area contributed by atoms with E-state index < -0.39 is 0 Å². The quantitative estimate of drug-likeness (QED) is 0.728. The number of aromatic nitrogens is 3. The molecule has 3 heterocycles. The molecule has 0 amide bonds. The fourth-order valence-corrected chi connectivity index (χ4v) is 2.14. The molecule has 0 fully saturated rings. The fourth-order valence-electron chi connectivity index (χ4n) is 2.14. The monoisotopic (exact) mass is 263 g/mol. The molecule has 0 aromatic carbocycles. The Morgan fingerprint density at radius 2 is 1.15 bits per heavy atom. The molecular formula is C16H13N3O. The fraction of sp³-hybridized carbons (Fsp3) is 0.0625. The van der Waals surface area contributed by atoms with Gasteiger partial charge in [0.1, 0.15) is 5.75 Å². The van der Waals surface area contributed by atoms with Crippen LogP contribution in [0.5, 0.6) is 5.75 Å². The number of methoxy groups -OCH3 is 1. The summed E-state index contributed by atoms with van der Waals surface area (Å²) in [6.07, 6.45) is 10.6. The van der Waals surface area contributed by atoms with Gasteiger partial charge in [-0.15, -0.1) is 0 Å². The Hall–Kier alpha value is -2.75. The Morgan fingerprint density at radius 1 is 0.700 bits per heavy atom. The molecule has 4 heteroatoms. The molecule has 98 valence electrons. The van der Waals surface area contributed by atoms with Crippen LogP contribution >= 0.6 is 0 Å². The van der Waals surface area contributed by atoms with E-state index in [1.54, 1.807) is 44.3 Å². The van der Waals surface area contributed by atoms with Gasteiger partial charge in [-0.1, -0.05) is 0 Å².